The second-order valence-corrected chi connectivity index (χ2v) is 7.09. The highest BCUT2D eigenvalue weighted by Crippen LogP contribution is 2.22. The zero-order valence-electron chi connectivity index (χ0n) is 14.3. The largest absolute Gasteiger partial charge is 0.329 e. The van der Waals surface area contributed by atoms with Crippen LogP contribution in [0.4, 0.5) is 0 Å². The maximum Gasteiger partial charge on any atom is 0.127 e. The first-order valence-corrected chi connectivity index (χ1v) is 9.47. The summed E-state index contributed by atoms with van der Waals surface area (Å²) in [5, 5.41) is 0. The van der Waals surface area contributed by atoms with Crippen LogP contribution in [0.25, 0.3) is 11.1 Å². The summed E-state index contributed by atoms with van der Waals surface area (Å²) in [6.07, 6.45) is 2.77. The first-order chi connectivity index (χ1) is 12.8. The van der Waals surface area contributed by atoms with Gasteiger partial charge in [0.1, 0.15) is 4.60 Å². The Morgan fingerprint density at radius 2 is 1.31 bits per heavy atom. The van der Waals surface area contributed by atoms with Crippen LogP contribution < -0.4 is 0 Å². The molecule has 0 radical (unpaired) electrons. The summed E-state index contributed by atoms with van der Waals surface area (Å²) >= 11 is 3.60. The van der Waals surface area contributed by atoms with Gasteiger partial charge in [0.15, 0.2) is 0 Å². The van der Waals surface area contributed by atoms with Gasteiger partial charge in [0, 0.05) is 13.0 Å². The Morgan fingerprint density at radius 3 is 2.00 bits per heavy atom. The van der Waals surface area contributed by atoms with Crippen molar-refractivity contribution >= 4 is 15.9 Å². The van der Waals surface area contributed by atoms with Gasteiger partial charge in [-0.1, -0.05) is 84.9 Å². The third-order valence-electron chi connectivity index (χ3n) is 4.52. The second kappa shape index (κ2) is 7.71. The molecule has 0 amide bonds. The van der Waals surface area contributed by atoms with E-state index in [1.54, 1.807) is 0 Å². The van der Waals surface area contributed by atoms with Crippen LogP contribution in [0.1, 0.15) is 16.8 Å². The topological polar surface area (TPSA) is 17.8 Å². The lowest BCUT2D eigenvalue weighted by molar-refractivity contribution is 0.752. The molecule has 128 valence electrons. The normalized spacial score (nSPS) is 10.8. The smallest absolute Gasteiger partial charge is 0.127 e. The van der Waals surface area contributed by atoms with E-state index in [0.29, 0.717) is 0 Å². The molecule has 3 aromatic carbocycles. The minimum absolute atomic E-state index is 0.815. The highest BCUT2D eigenvalue weighted by Gasteiger charge is 2.10. The number of halogens is 1. The number of benzene rings is 3. The molecule has 0 fully saturated rings. The van der Waals surface area contributed by atoms with Crippen LogP contribution in [0, 0.1) is 0 Å². The summed E-state index contributed by atoms with van der Waals surface area (Å²) in [6.45, 7) is 0.815. The van der Waals surface area contributed by atoms with E-state index in [9.17, 15) is 0 Å². The molecule has 4 aromatic rings. The number of nitrogens with zero attached hydrogens (tertiary/aromatic N) is 2. The van der Waals surface area contributed by atoms with Gasteiger partial charge in [-0.2, -0.15) is 0 Å². The van der Waals surface area contributed by atoms with Crippen molar-refractivity contribution in [1.29, 1.82) is 0 Å². The van der Waals surface area contributed by atoms with Crippen molar-refractivity contribution in [1.82, 2.24) is 9.55 Å². The van der Waals surface area contributed by atoms with E-state index in [4.69, 9.17) is 0 Å². The summed E-state index contributed by atoms with van der Waals surface area (Å²) in [7, 11) is 0. The Morgan fingerprint density at radius 1 is 0.692 bits per heavy atom. The number of aromatic nitrogens is 2. The first-order valence-electron chi connectivity index (χ1n) is 8.67. The molecule has 1 heterocycles. The van der Waals surface area contributed by atoms with Crippen LogP contribution in [0.3, 0.4) is 0 Å². The molecule has 1 aromatic heterocycles. The fourth-order valence-electron chi connectivity index (χ4n) is 3.11. The maximum atomic E-state index is 4.45. The highest BCUT2D eigenvalue weighted by atomic mass is 79.9. The van der Waals surface area contributed by atoms with E-state index in [1.807, 2.05) is 18.5 Å². The minimum atomic E-state index is 0.815. The SMILES string of the molecule is Brc1ncn(Cc2ccc(-c3ccccc3)cc2)c1Cc1ccccc1. The summed E-state index contributed by atoms with van der Waals surface area (Å²) in [5.41, 5.74) is 6.24. The number of hydrogen-bond donors (Lipinski definition) is 0. The standard InChI is InChI=1S/C23H19BrN2/c24-23-22(15-18-7-3-1-4-8-18)26(17-25-23)16-19-11-13-21(14-12-19)20-9-5-2-6-10-20/h1-14,17H,15-16H2. The molecule has 3 heteroatoms. The van der Waals surface area contributed by atoms with Crippen molar-refractivity contribution in [2.24, 2.45) is 0 Å². The molecule has 0 aliphatic rings. The van der Waals surface area contributed by atoms with Crippen molar-refractivity contribution in [2.45, 2.75) is 13.0 Å². The summed E-state index contributed by atoms with van der Waals surface area (Å²) < 4.78 is 3.14. The van der Waals surface area contributed by atoms with Gasteiger partial charge in [0.2, 0.25) is 0 Å². The van der Waals surface area contributed by atoms with Crippen LogP contribution in [-0.2, 0) is 13.0 Å². The maximum absolute atomic E-state index is 4.45. The number of imidazole rings is 1. The van der Waals surface area contributed by atoms with E-state index in [2.05, 4.69) is 98.3 Å². The molecule has 0 N–H and O–H groups in total. The van der Waals surface area contributed by atoms with Crippen LogP contribution >= 0.6 is 15.9 Å². The molecular weight excluding hydrogens is 384 g/mol. The third-order valence-corrected chi connectivity index (χ3v) is 5.19. The Kier molecular flexibility index (Phi) is 4.98. The average molecular weight is 403 g/mol. The number of hydrogen-bond acceptors (Lipinski definition) is 1. The zero-order valence-corrected chi connectivity index (χ0v) is 15.9. The van der Waals surface area contributed by atoms with Crippen molar-refractivity contribution in [2.75, 3.05) is 0 Å². The van der Waals surface area contributed by atoms with Gasteiger partial charge in [-0.25, -0.2) is 4.98 Å². The molecule has 0 bridgehead atoms. The monoisotopic (exact) mass is 402 g/mol. The van der Waals surface area contributed by atoms with Crippen LogP contribution in [0.5, 0.6) is 0 Å². The molecule has 26 heavy (non-hydrogen) atoms. The van der Waals surface area contributed by atoms with E-state index in [-0.39, 0.29) is 0 Å². The fraction of sp³-hybridized carbons (Fsp3) is 0.0870. The summed E-state index contributed by atoms with van der Waals surface area (Å²) in [5.74, 6) is 0. The lowest BCUT2D eigenvalue weighted by Gasteiger charge is -2.10. The molecule has 2 nitrogen and oxygen atoms in total. The summed E-state index contributed by atoms with van der Waals surface area (Å²) in [6, 6.07) is 29.7. The predicted octanol–water partition coefficient (Wildman–Crippen LogP) is 5.95. The van der Waals surface area contributed by atoms with E-state index in [1.165, 1.54) is 27.9 Å². The Labute approximate surface area is 162 Å². The summed E-state index contributed by atoms with van der Waals surface area (Å²) in [4.78, 5) is 4.45. The molecule has 0 aliphatic heterocycles. The highest BCUT2D eigenvalue weighted by molar-refractivity contribution is 9.10. The molecule has 4 rings (SSSR count). The van der Waals surface area contributed by atoms with Crippen LogP contribution in [0.15, 0.2) is 95.9 Å². The minimum Gasteiger partial charge on any atom is -0.329 e. The Balaban J connectivity index is 1.54. The second-order valence-electron chi connectivity index (χ2n) is 6.34. The van der Waals surface area contributed by atoms with E-state index in [0.717, 1.165) is 17.6 Å². The van der Waals surface area contributed by atoms with E-state index >= 15 is 0 Å². The van der Waals surface area contributed by atoms with Gasteiger partial charge in [-0.15, -0.1) is 0 Å². The molecule has 0 spiro atoms. The number of rotatable bonds is 5. The third kappa shape index (κ3) is 3.78. The van der Waals surface area contributed by atoms with Crippen LogP contribution in [-0.4, -0.2) is 9.55 Å². The quantitative estimate of drug-likeness (QED) is 0.403. The molecular formula is C23H19BrN2. The van der Waals surface area contributed by atoms with Crippen LogP contribution in [0.2, 0.25) is 0 Å². The molecule has 0 unspecified atom stereocenters. The predicted molar refractivity (Wildman–Crippen MR) is 110 cm³/mol. The molecule has 0 atom stereocenters. The molecule has 0 saturated carbocycles. The van der Waals surface area contributed by atoms with Crippen molar-refractivity contribution in [3.05, 3.63) is 113 Å². The average Bonchev–Trinajstić information content (AvgIpc) is 3.03. The van der Waals surface area contributed by atoms with Crippen molar-refractivity contribution < 1.29 is 0 Å². The first kappa shape index (κ1) is 16.8. The molecule has 0 aliphatic carbocycles. The van der Waals surface area contributed by atoms with Gasteiger partial charge in [0.05, 0.1) is 12.0 Å². The van der Waals surface area contributed by atoms with Gasteiger partial charge >= 0.3 is 0 Å². The van der Waals surface area contributed by atoms with Gasteiger partial charge in [-0.05, 0) is 38.2 Å². The van der Waals surface area contributed by atoms with Gasteiger partial charge < -0.3 is 4.57 Å². The lowest BCUT2D eigenvalue weighted by atomic mass is 10.0. The van der Waals surface area contributed by atoms with E-state index < -0.39 is 0 Å². The Bertz CT molecular complexity index is 974. The lowest BCUT2D eigenvalue weighted by Crippen LogP contribution is -2.04. The van der Waals surface area contributed by atoms with Gasteiger partial charge in [-0.3, -0.25) is 0 Å². The Hall–Kier alpha value is -2.65. The zero-order chi connectivity index (χ0) is 17.8. The van der Waals surface area contributed by atoms with Crippen molar-refractivity contribution in [3.8, 4) is 11.1 Å². The van der Waals surface area contributed by atoms with Crippen molar-refractivity contribution in [3.63, 3.8) is 0 Å². The van der Waals surface area contributed by atoms with Gasteiger partial charge in [0.25, 0.3) is 0 Å². The fourth-order valence-corrected chi connectivity index (χ4v) is 3.57. The molecule has 0 saturated heterocycles.